The number of hydrogen-bond acceptors (Lipinski definition) is 6. The molecule has 1 atom stereocenters. The topological polar surface area (TPSA) is 72.9 Å². The summed E-state index contributed by atoms with van der Waals surface area (Å²) < 4.78 is 9.73. The van der Waals surface area contributed by atoms with E-state index in [9.17, 15) is 14.4 Å². The number of benzene rings is 1. The largest absolute Gasteiger partial charge is 0.497 e. The van der Waals surface area contributed by atoms with Gasteiger partial charge in [0.05, 0.1) is 19.1 Å². The molecule has 0 spiro atoms. The number of hydrogen-bond donors (Lipinski definition) is 0. The average Bonchev–Trinajstić information content (AvgIpc) is 2.81. The van der Waals surface area contributed by atoms with E-state index in [2.05, 4.69) is 4.74 Å². The van der Waals surface area contributed by atoms with Gasteiger partial charge in [-0.05, 0) is 54.9 Å². The number of thioether (sulfide) groups is 1. The van der Waals surface area contributed by atoms with Crippen LogP contribution in [0.5, 0.6) is 5.75 Å². The zero-order chi connectivity index (χ0) is 17.1. The van der Waals surface area contributed by atoms with E-state index in [1.54, 1.807) is 19.3 Å². The van der Waals surface area contributed by atoms with Crippen molar-refractivity contribution in [2.45, 2.75) is 19.9 Å². The molecule has 6 nitrogen and oxygen atoms in total. The van der Waals surface area contributed by atoms with Gasteiger partial charge in [0.25, 0.3) is 11.1 Å². The zero-order valence-electron chi connectivity index (χ0n) is 13.3. The quantitative estimate of drug-likeness (QED) is 0.622. The van der Waals surface area contributed by atoms with Gasteiger partial charge in [0.1, 0.15) is 11.8 Å². The Hall–Kier alpha value is -2.28. The van der Waals surface area contributed by atoms with Crippen molar-refractivity contribution in [3.05, 3.63) is 34.2 Å². The molecule has 1 aliphatic rings. The first kappa shape index (κ1) is 17.1. The van der Waals surface area contributed by atoms with Crippen LogP contribution in [0.15, 0.2) is 23.1 Å². The summed E-state index contributed by atoms with van der Waals surface area (Å²) in [5, 5.41) is -0.481. The third-order valence-corrected chi connectivity index (χ3v) is 4.40. The Morgan fingerprint density at radius 1 is 1.30 bits per heavy atom. The lowest BCUT2D eigenvalue weighted by molar-refractivity contribution is -0.148. The van der Waals surface area contributed by atoms with E-state index in [4.69, 9.17) is 4.74 Å². The van der Waals surface area contributed by atoms with Gasteiger partial charge in [-0.2, -0.15) is 0 Å². The van der Waals surface area contributed by atoms with Gasteiger partial charge in [-0.3, -0.25) is 14.5 Å². The maximum Gasteiger partial charge on any atom is 0.328 e. The first-order valence-corrected chi connectivity index (χ1v) is 7.70. The first-order chi connectivity index (χ1) is 10.9. The number of methoxy groups -OCH3 is 2. The second-order valence-electron chi connectivity index (χ2n) is 4.97. The number of ether oxygens (including phenoxy) is 2. The summed E-state index contributed by atoms with van der Waals surface area (Å²) >= 11 is 0.811. The number of imide groups is 1. The minimum atomic E-state index is -0.949. The predicted molar refractivity (Wildman–Crippen MR) is 87.0 cm³/mol. The van der Waals surface area contributed by atoms with Gasteiger partial charge >= 0.3 is 5.97 Å². The van der Waals surface area contributed by atoms with E-state index in [-0.39, 0.29) is 4.91 Å². The molecule has 0 N–H and O–H groups in total. The molecule has 1 unspecified atom stereocenters. The maximum atomic E-state index is 12.4. The number of carbonyl (C=O) groups is 3. The molecule has 1 saturated heterocycles. The molecule has 1 aliphatic heterocycles. The molecule has 122 valence electrons. The fraction of sp³-hybridized carbons (Fsp3) is 0.312. The van der Waals surface area contributed by atoms with E-state index < -0.39 is 23.2 Å². The molecule has 0 aliphatic carbocycles. The van der Waals surface area contributed by atoms with E-state index in [0.717, 1.165) is 27.8 Å². The second kappa shape index (κ2) is 6.87. The standard InChI is InChI=1S/C16H17NO5S/c1-9-7-12(21-3)6-5-11(9)8-13-14(18)17(16(20)23-13)10(2)15(19)22-4/h5-8,10H,1-4H3/b13-8+. The third kappa shape index (κ3) is 3.39. The van der Waals surface area contributed by atoms with E-state index in [0.29, 0.717) is 5.75 Å². The minimum absolute atomic E-state index is 0.277. The highest BCUT2D eigenvalue weighted by atomic mass is 32.2. The van der Waals surface area contributed by atoms with Crippen molar-refractivity contribution in [2.75, 3.05) is 14.2 Å². The summed E-state index contributed by atoms with van der Waals surface area (Å²) in [7, 11) is 2.79. The zero-order valence-corrected chi connectivity index (χ0v) is 14.1. The van der Waals surface area contributed by atoms with Crippen LogP contribution in [0.4, 0.5) is 4.79 Å². The van der Waals surface area contributed by atoms with E-state index in [1.165, 1.54) is 14.0 Å². The molecule has 0 saturated carbocycles. The van der Waals surface area contributed by atoms with E-state index >= 15 is 0 Å². The van der Waals surface area contributed by atoms with Gasteiger partial charge in [0, 0.05) is 0 Å². The van der Waals surface area contributed by atoms with Crippen LogP contribution in [-0.4, -0.2) is 42.3 Å². The van der Waals surface area contributed by atoms with Gasteiger partial charge in [0.2, 0.25) is 0 Å². The van der Waals surface area contributed by atoms with Crippen LogP contribution in [-0.2, 0) is 14.3 Å². The normalized spacial score (nSPS) is 17.6. The molecule has 7 heteroatoms. The lowest BCUT2D eigenvalue weighted by atomic mass is 10.1. The smallest absolute Gasteiger partial charge is 0.328 e. The molecule has 2 amide bonds. The number of rotatable bonds is 4. The molecule has 0 radical (unpaired) electrons. The molecular formula is C16H17NO5S. The Bertz CT molecular complexity index is 698. The third-order valence-electron chi connectivity index (χ3n) is 3.52. The van der Waals surface area contributed by atoms with Gasteiger partial charge < -0.3 is 9.47 Å². The molecule has 1 fully saturated rings. The summed E-state index contributed by atoms with van der Waals surface area (Å²) in [4.78, 5) is 37.2. The molecular weight excluding hydrogens is 318 g/mol. The van der Waals surface area contributed by atoms with Gasteiger partial charge in [0.15, 0.2) is 0 Å². The fourth-order valence-electron chi connectivity index (χ4n) is 2.17. The highest BCUT2D eigenvalue weighted by Gasteiger charge is 2.41. The molecule has 1 aromatic rings. The monoisotopic (exact) mass is 335 g/mol. The number of amides is 2. The van der Waals surface area contributed by atoms with Crippen molar-refractivity contribution < 1.29 is 23.9 Å². The van der Waals surface area contributed by atoms with Crippen LogP contribution in [0.3, 0.4) is 0 Å². The van der Waals surface area contributed by atoms with Crippen LogP contribution in [0.1, 0.15) is 18.1 Å². The lowest BCUT2D eigenvalue weighted by Crippen LogP contribution is -2.42. The van der Waals surface area contributed by atoms with Crippen LogP contribution in [0.25, 0.3) is 6.08 Å². The summed E-state index contributed by atoms with van der Waals surface area (Å²) in [5.74, 6) is -0.408. The Labute approximate surface area is 138 Å². The fourth-order valence-corrected chi connectivity index (χ4v) is 3.07. The molecule has 2 rings (SSSR count). The van der Waals surface area contributed by atoms with Gasteiger partial charge in [-0.15, -0.1) is 0 Å². The Morgan fingerprint density at radius 2 is 2.00 bits per heavy atom. The highest BCUT2D eigenvalue weighted by molar-refractivity contribution is 8.18. The van der Waals surface area contributed by atoms with Crippen LogP contribution < -0.4 is 4.74 Å². The van der Waals surface area contributed by atoms with Crippen molar-refractivity contribution in [3.8, 4) is 5.75 Å². The van der Waals surface area contributed by atoms with Crippen molar-refractivity contribution in [2.24, 2.45) is 0 Å². The van der Waals surface area contributed by atoms with Gasteiger partial charge in [-0.25, -0.2) is 4.79 Å². The molecule has 1 heterocycles. The average molecular weight is 335 g/mol. The van der Waals surface area contributed by atoms with Crippen molar-refractivity contribution in [1.29, 1.82) is 0 Å². The van der Waals surface area contributed by atoms with Crippen molar-refractivity contribution in [3.63, 3.8) is 0 Å². The second-order valence-corrected chi connectivity index (χ2v) is 5.97. The Balaban J connectivity index is 2.30. The summed E-state index contributed by atoms with van der Waals surface area (Å²) in [5.41, 5.74) is 1.72. The van der Waals surface area contributed by atoms with E-state index in [1.807, 2.05) is 19.1 Å². The highest BCUT2D eigenvalue weighted by Crippen LogP contribution is 2.34. The Morgan fingerprint density at radius 3 is 2.57 bits per heavy atom. The molecule has 0 aromatic heterocycles. The minimum Gasteiger partial charge on any atom is -0.497 e. The maximum absolute atomic E-state index is 12.4. The van der Waals surface area contributed by atoms with Crippen molar-refractivity contribution in [1.82, 2.24) is 4.90 Å². The summed E-state index contributed by atoms with van der Waals surface area (Å²) in [6.07, 6.45) is 1.64. The number of esters is 1. The van der Waals surface area contributed by atoms with Crippen molar-refractivity contribution >= 4 is 35.0 Å². The predicted octanol–water partition coefficient (Wildman–Crippen LogP) is 2.60. The molecule has 23 heavy (non-hydrogen) atoms. The first-order valence-electron chi connectivity index (χ1n) is 6.88. The van der Waals surface area contributed by atoms with Gasteiger partial charge in [-0.1, -0.05) is 6.07 Å². The summed E-state index contributed by atoms with van der Waals surface area (Å²) in [6.45, 7) is 3.35. The molecule has 1 aromatic carbocycles. The lowest BCUT2D eigenvalue weighted by Gasteiger charge is -2.18. The van der Waals surface area contributed by atoms with Crippen LogP contribution >= 0.6 is 11.8 Å². The van der Waals surface area contributed by atoms with Crippen LogP contribution in [0.2, 0.25) is 0 Å². The van der Waals surface area contributed by atoms with Crippen LogP contribution in [0, 0.1) is 6.92 Å². The number of aryl methyl sites for hydroxylation is 1. The Kier molecular flexibility index (Phi) is 5.10. The molecule has 0 bridgehead atoms. The number of carbonyl (C=O) groups excluding carboxylic acids is 3. The summed E-state index contributed by atoms with van der Waals surface area (Å²) in [6, 6.07) is 4.48. The number of nitrogens with zero attached hydrogens (tertiary/aromatic N) is 1. The SMILES string of the molecule is COC(=O)C(C)N1C(=O)S/C(=C/c2ccc(OC)cc2C)C1=O.